The van der Waals surface area contributed by atoms with E-state index in [1.54, 1.807) is 12.1 Å². The number of piperidine rings is 1. The van der Waals surface area contributed by atoms with Gasteiger partial charge in [0, 0.05) is 13.5 Å². The van der Waals surface area contributed by atoms with E-state index >= 15 is 0 Å². The minimum absolute atomic E-state index is 0.205. The van der Waals surface area contributed by atoms with Crippen LogP contribution in [0.5, 0.6) is 0 Å². The van der Waals surface area contributed by atoms with Gasteiger partial charge in [-0.15, -0.1) is 0 Å². The van der Waals surface area contributed by atoms with Crippen molar-refractivity contribution in [3.05, 3.63) is 35.6 Å². The van der Waals surface area contributed by atoms with E-state index in [1.165, 1.54) is 38.3 Å². The molecule has 4 nitrogen and oxygen atoms in total. The van der Waals surface area contributed by atoms with Crippen LogP contribution in [0.15, 0.2) is 29.4 Å². The summed E-state index contributed by atoms with van der Waals surface area (Å²) in [5.41, 5.74) is 4.08. The number of hydrogen-bond donors (Lipinski definition) is 1. The monoisotopic (exact) mass is 277 g/mol. The molecule has 20 heavy (non-hydrogen) atoms. The van der Waals surface area contributed by atoms with Crippen molar-refractivity contribution in [1.82, 2.24) is 10.3 Å². The lowest BCUT2D eigenvalue weighted by Crippen LogP contribution is -2.35. The Kier molecular flexibility index (Phi) is 5.24. The van der Waals surface area contributed by atoms with Gasteiger partial charge in [0.15, 0.2) is 0 Å². The standard InChI is InChI=1S/C15H20FN3O/c1-12(20)17-18-15(11-19-9-3-2-4-10-19)13-5-7-14(16)8-6-13/h5-8H,2-4,9-11H2,1H3,(H,17,20)/b18-15+. The van der Waals surface area contributed by atoms with Crippen LogP contribution in [0.4, 0.5) is 4.39 Å². The van der Waals surface area contributed by atoms with Crippen molar-refractivity contribution in [3.8, 4) is 0 Å². The van der Waals surface area contributed by atoms with Gasteiger partial charge in [-0.3, -0.25) is 9.69 Å². The van der Waals surface area contributed by atoms with Gasteiger partial charge < -0.3 is 0 Å². The highest BCUT2D eigenvalue weighted by Gasteiger charge is 2.14. The zero-order valence-electron chi connectivity index (χ0n) is 11.7. The van der Waals surface area contributed by atoms with Crippen LogP contribution in [0.25, 0.3) is 0 Å². The molecule has 0 aromatic heterocycles. The normalized spacial score (nSPS) is 17.0. The zero-order valence-corrected chi connectivity index (χ0v) is 11.7. The summed E-state index contributed by atoms with van der Waals surface area (Å²) in [6, 6.07) is 6.21. The minimum atomic E-state index is -0.273. The summed E-state index contributed by atoms with van der Waals surface area (Å²) in [5.74, 6) is -0.478. The summed E-state index contributed by atoms with van der Waals surface area (Å²) >= 11 is 0. The Morgan fingerprint density at radius 2 is 1.90 bits per heavy atom. The fourth-order valence-electron chi connectivity index (χ4n) is 2.31. The number of hydrogen-bond acceptors (Lipinski definition) is 3. The molecule has 1 heterocycles. The Bertz CT molecular complexity index is 478. The smallest absolute Gasteiger partial charge is 0.236 e. The number of nitrogens with one attached hydrogen (secondary N) is 1. The van der Waals surface area contributed by atoms with Crippen molar-refractivity contribution in [2.75, 3.05) is 19.6 Å². The summed E-state index contributed by atoms with van der Waals surface area (Å²) in [6.45, 7) is 4.18. The number of carbonyl (C=O) groups excluding carboxylic acids is 1. The van der Waals surface area contributed by atoms with Crippen LogP contribution in [0.3, 0.4) is 0 Å². The molecule has 0 atom stereocenters. The maximum absolute atomic E-state index is 13.0. The van der Waals surface area contributed by atoms with Gasteiger partial charge in [0.1, 0.15) is 5.82 Å². The van der Waals surface area contributed by atoms with E-state index in [-0.39, 0.29) is 11.7 Å². The number of carbonyl (C=O) groups is 1. The van der Waals surface area contributed by atoms with E-state index < -0.39 is 0 Å². The summed E-state index contributed by atoms with van der Waals surface area (Å²) < 4.78 is 13.0. The van der Waals surface area contributed by atoms with Crippen LogP contribution >= 0.6 is 0 Å². The Hall–Kier alpha value is -1.75. The maximum atomic E-state index is 13.0. The van der Waals surface area contributed by atoms with Crippen molar-refractivity contribution in [2.24, 2.45) is 5.10 Å². The van der Waals surface area contributed by atoms with Gasteiger partial charge in [-0.1, -0.05) is 18.6 Å². The molecule has 0 aliphatic carbocycles. The summed E-state index contributed by atoms with van der Waals surface area (Å²) in [7, 11) is 0. The molecule has 1 N–H and O–H groups in total. The van der Waals surface area contributed by atoms with Crippen LogP contribution in [0, 0.1) is 5.82 Å². The van der Waals surface area contributed by atoms with Gasteiger partial charge in [-0.2, -0.15) is 5.10 Å². The van der Waals surface area contributed by atoms with Gasteiger partial charge in [0.05, 0.1) is 5.71 Å². The number of halogens is 1. The zero-order chi connectivity index (χ0) is 14.4. The highest BCUT2D eigenvalue weighted by molar-refractivity contribution is 6.02. The molecule has 0 spiro atoms. The average molecular weight is 277 g/mol. The number of rotatable bonds is 4. The molecule has 1 aromatic rings. The number of amides is 1. The highest BCUT2D eigenvalue weighted by atomic mass is 19.1. The SMILES string of the molecule is CC(=O)N/N=C(\CN1CCCCC1)c1ccc(F)cc1. The molecule has 0 radical (unpaired) electrons. The molecular weight excluding hydrogens is 257 g/mol. The first kappa shape index (κ1) is 14.7. The van der Waals surface area contributed by atoms with E-state index in [1.807, 2.05) is 0 Å². The van der Waals surface area contributed by atoms with Crippen molar-refractivity contribution in [1.29, 1.82) is 0 Å². The lowest BCUT2D eigenvalue weighted by Gasteiger charge is -2.26. The minimum Gasteiger partial charge on any atom is -0.297 e. The van der Waals surface area contributed by atoms with Crippen molar-refractivity contribution >= 4 is 11.6 Å². The lowest BCUT2D eigenvalue weighted by molar-refractivity contribution is -0.118. The second-order valence-corrected chi connectivity index (χ2v) is 5.07. The Balaban J connectivity index is 2.13. The maximum Gasteiger partial charge on any atom is 0.236 e. The van der Waals surface area contributed by atoms with Crippen LogP contribution in [0.1, 0.15) is 31.7 Å². The molecule has 1 aliphatic heterocycles. The quantitative estimate of drug-likeness (QED) is 0.677. The van der Waals surface area contributed by atoms with Crippen LogP contribution in [-0.2, 0) is 4.79 Å². The van der Waals surface area contributed by atoms with Crippen molar-refractivity contribution in [2.45, 2.75) is 26.2 Å². The third-order valence-corrected chi connectivity index (χ3v) is 3.35. The molecule has 0 unspecified atom stereocenters. The summed E-state index contributed by atoms with van der Waals surface area (Å²) in [5, 5.41) is 4.17. The van der Waals surface area contributed by atoms with E-state index in [0.717, 1.165) is 24.4 Å². The molecule has 1 amide bonds. The largest absolute Gasteiger partial charge is 0.297 e. The fraction of sp³-hybridized carbons (Fsp3) is 0.467. The molecule has 1 aliphatic rings. The predicted octanol–water partition coefficient (Wildman–Crippen LogP) is 2.15. The van der Waals surface area contributed by atoms with E-state index in [9.17, 15) is 9.18 Å². The molecule has 0 bridgehead atoms. The summed E-state index contributed by atoms with van der Waals surface area (Å²) in [4.78, 5) is 13.3. The first-order valence-corrected chi connectivity index (χ1v) is 6.96. The fourth-order valence-corrected chi connectivity index (χ4v) is 2.31. The lowest BCUT2D eigenvalue weighted by atomic mass is 10.1. The second-order valence-electron chi connectivity index (χ2n) is 5.07. The third-order valence-electron chi connectivity index (χ3n) is 3.35. The molecular formula is C15H20FN3O. The Morgan fingerprint density at radius 3 is 2.50 bits per heavy atom. The topological polar surface area (TPSA) is 44.7 Å². The first-order chi connectivity index (χ1) is 9.65. The van der Waals surface area contributed by atoms with Crippen molar-refractivity contribution < 1.29 is 9.18 Å². The molecule has 0 saturated carbocycles. The molecule has 5 heteroatoms. The highest BCUT2D eigenvalue weighted by Crippen LogP contribution is 2.11. The van der Waals surface area contributed by atoms with Gasteiger partial charge >= 0.3 is 0 Å². The average Bonchev–Trinajstić information content (AvgIpc) is 2.45. The molecule has 108 valence electrons. The third kappa shape index (κ3) is 4.42. The Labute approximate surface area is 118 Å². The van der Waals surface area contributed by atoms with E-state index in [4.69, 9.17) is 0 Å². The van der Waals surface area contributed by atoms with Crippen LogP contribution in [0.2, 0.25) is 0 Å². The number of benzene rings is 1. The van der Waals surface area contributed by atoms with E-state index in [2.05, 4.69) is 15.4 Å². The first-order valence-electron chi connectivity index (χ1n) is 6.96. The van der Waals surface area contributed by atoms with Gasteiger partial charge in [-0.05, 0) is 43.6 Å². The molecule has 1 saturated heterocycles. The molecule has 1 fully saturated rings. The number of likely N-dealkylation sites (tertiary alicyclic amines) is 1. The molecule has 2 rings (SSSR count). The summed E-state index contributed by atoms with van der Waals surface area (Å²) in [6.07, 6.45) is 3.65. The van der Waals surface area contributed by atoms with E-state index in [0.29, 0.717) is 6.54 Å². The van der Waals surface area contributed by atoms with Gasteiger partial charge in [0.2, 0.25) is 5.91 Å². The second kappa shape index (κ2) is 7.14. The molecule has 1 aromatic carbocycles. The Morgan fingerprint density at radius 1 is 1.25 bits per heavy atom. The number of hydrazone groups is 1. The number of nitrogens with zero attached hydrogens (tertiary/aromatic N) is 2. The van der Waals surface area contributed by atoms with Gasteiger partial charge in [0.25, 0.3) is 0 Å². The van der Waals surface area contributed by atoms with Crippen LogP contribution in [-0.4, -0.2) is 36.2 Å². The van der Waals surface area contributed by atoms with Crippen molar-refractivity contribution in [3.63, 3.8) is 0 Å². The van der Waals surface area contributed by atoms with Gasteiger partial charge in [-0.25, -0.2) is 9.82 Å². The predicted molar refractivity (Wildman–Crippen MR) is 77.0 cm³/mol. The van der Waals surface area contributed by atoms with Crippen LogP contribution < -0.4 is 5.43 Å².